The van der Waals surface area contributed by atoms with E-state index < -0.39 is 5.41 Å². The molecule has 3 heteroatoms. The van der Waals surface area contributed by atoms with Crippen LogP contribution < -0.4 is 0 Å². The van der Waals surface area contributed by atoms with E-state index in [9.17, 15) is 9.59 Å². The van der Waals surface area contributed by atoms with Gasteiger partial charge in [-0.15, -0.1) is 0 Å². The molecule has 1 spiro atoms. The predicted molar refractivity (Wildman–Crippen MR) is 128 cm³/mol. The maximum Gasteiger partial charge on any atom is 0.227 e. The van der Waals surface area contributed by atoms with Gasteiger partial charge in [-0.05, 0) is 37.2 Å². The Morgan fingerprint density at radius 2 is 1.35 bits per heavy atom. The van der Waals surface area contributed by atoms with Crippen LogP contribution in [-0.4, -0.2) is 29.7 Å². The second kappa shape index (κ2) is 7.76. The van der Waals surface area contributed by atoms with Crippen molar-refractivity contribution in [3.8, 4) is 0 Å². The van der Waals surface area contributed by atoms with Gasteiger partial charge in [0.1, 0.15) is 0 Å². The quantitative estimate of drug-likeness (QED) is 0.590. The van der Waals surface area contributed by atoms with Crippen LogP contribution >= 0.6 is 0 Å². The van der Waals surface area contributed by atoms with Crippen molar-refractivity contribution in [3.63, 3.8) is 0 Å². The molecule has 3 rings (SSSR count). The number of Topliss-reactive ketones (excluding diaryl/α,β-unsaturated/α-hetero) is 1. The molecule has 1 aromatic rings. The van der Waals surface area contributed by atoms with Gasteiger partial charge in [-0.3, -0.25) is 9.59 Å². The highest BCUT2D eigenvalue weighted by molar-refractivity contribution is 6.11. The Balaban J connectivity index is 2.24. The zero-order valence-corrected chi connectivity index (χ0v) is 20.8. The topological polar surface area (TPSA) is 37.4 Å². The summed E-state index contributed by atoms with van der Waals surface area (Å²) in [5.41, 5.74) is 3.07. The van der Waals surface area contributed by atoms with Crippen LogP contribution in [0.5, 0.6) is 0 Å². The molecule has 1 aromatic carbocycles. The molecule has 0 bridgehead atoms. The normalized spacial score (nSPS) is 22.8. The summed E-state index contributed by atoms with van der Waals surface area (Å²) in [7, 11) is 0. The largest absolute Gasteiger partial charge is 0.343 e. The summed E-state index contributed by atoms with van der Waals surface area (Å²) in [6.07, 6.45) is 4.31. The van der Waals surface area contributed by atoms with Crippen molar-refractivity contribution in [2.75, 3.05) is 13.1 Å². The zero-order valence-electron chi connectivity index (χ0n) is 20.8. The first-order chi connectivity index (χ1) is 14.3. The third-order valence-electron chi connectivity index (χ3n) is 6.97. The molecule has 1 saturated carbocycles. The Labute approximate surface area is 188 Å². The zero-order chi connectivity index (χ0) is 23.4. The van der Waals surface area contributed by atoms with E-state index in [4.69, 9.17) is 0 Å². The molecule has 0 unspecified atom stereocenters. The van der Waals surface area contributed by atoms with Gasteiger partial charge < -0.3 is 4.90 Å². The summed E-state index contributed by atoms with van der Waals surface area (Å²) < 4.78 is 0. The van der Waals surface area contributed by atoms with Crippen molar-refractivity contribution in [3.05, 3.63) is 58.7 Å². The molecule has 0 heterocycles. The van der Waals surface area contributed by atoms with Crippen LogP contribution in [0.4, 0.5) is 0 Å². The number of nitrogens with zero attached hydrogens (tertiary/aromatic N) is 1. The van der Waals surface area contributed by atoms with Crippen molar-refractivity contribution < 1.29 is 9.59 Å². The highest BCUT2D eigenvalue weighted by Crippen LogP contribution is 2.70. The van der Waals surface area contributed by atoms with E-state index in [1.165, 1.54) is 11.1 Å². The smallest absolute Gasteiger partial charge is 0.227 e. The summed E-state index contributed by atoms with van der Waals surface area (Å²) in [5.74, 6) is 0.218. The minimum atomic E-state index is -0.436. The first kappa shape index (κ1) is 23.5. The molecular weight excluding hydrogens is 382 g/mol. The Morgan fingerprint density at radius 3 is 1.74 bits per heavy atom. The van der Waals surface area contributed by atoms with Crippen LogP contribution in [0.1, 0.15) is 72.4 Å². The number of hydrogen-bond donors (Lipinski definition) is 0. The second-order valence-electron chi connectivity index (χ2n) is 11.3. The fourth-order valence-electron chi connectivity index (χ4n) is 5.06. The Kier molecular flexibility index (Phi) is 5.88. The molecule has 1 amide bonds. The van der Waals surface area contributed by atoms with E-state index in [1.54, 1.807) is 0 Å². The number of rotatable bonds is 4. The fraction of sp³-hybridized carbons (Fsp3) is 0.571. The number of benzene rings is 1. The molecule has 0 aliphatic heterocycles. The van der Waals surface area contributed by atoms with Gasteiger partial charge in [0.05, 0.1) is 5.92 Å². The molecule has 31 heavy (non-hydrogen) atoms. The van der Waals surface area contributed by atoms with E-state index in [1.807, 2.05) is 18.7 Å². The third kappa shape index (κ3) is 4.04. The van der Waals surface area contributed by atoms with Crippen molar-refractivity contribution >= 4 is 11.7 Å². The highest BCUT2D eigenvalue weighted by Gasteiger charge is 2.68. The molecule has 0 aromatic heterocycles. The lowest BCUT2D eigenvalue weighted by atomic mass is 9.69. The van der Waals surface area contributed by atoms with Crippen LogP contribution in [0, 0.1) is 29.1 Å². The van der Waals surface area contributed by atoms with E-state index in [0.717, 1.165) is 11.1 Å². The lowest BCUT2D eigenvalue weighted by molar-refractivity contribution is -0.132. The SMILES string of the molecule is CCN(CC)C(=O)[C@H]1[C@H](c2ccc(C)cc2)C12C=C(C(C)(C)C)C(=O)C(C(C)(C)C)=C2. The monoisotopic (exact) mass is 421 g/mol. The third-order valence-corrected chi connectivity index (χ3v) is 6.97. The van der Waals surface area contributed by atoms with E-state index in [2.05, 4.69) is 84.9 Å². The molecule has 3 nitrogen and oxygen atoms in total. The average molecular weight is 422 g/mol. The van der Waals surface area contributed by atoms with Crippen molar-refractivity contribution in [2.45, 2.75) is 68.2 Å². The molecule has 0 radical (unpaired) electrons. The standard InChI is InChI=1S/C28H39NO2/c1-10-29(11-2)25(31)23-22(19-14-12-18(3)13-15-19)28(23)16-20(26(4,5)6)24(30)21(17-28)27(7,8)9/h12-17,22-23H,10-11H2,1-9H3/t22-,23+/m0/s1. The van der Waals surface area contributed by atoms with Gasteiger partial charge >= 0.3 is 0 Å². The Morgan fingerprint density at radius 1 is 0.903 bits per heavy atom. The number of carbonyl (C=O) groups is 2. The lowest BCUT2D eigenvalue weighted by Crippen LogP contribution is -2.35. The Hall–Kier alpha value is -2.16. The number of amides is 1. The van der Waals surface area contributed by atoms with Crippen LogP contribution in [0.2, 0.25) is 0 Å². The summed E-state index contributed by atoms with van der Waals surface area (Å²) >= 11 is 0. The maximum absolute atomic E-state index is 13.7. The van der Waals surface area contributed by atoms with Crippen LogP contribution in [0.25, 0.3) is 0 Å². The summed E-state index contributed by atoms with van der Waals surface area (Å²) in [6.45, 7) is 20.1. The first-order valence-electron chi connectivity index (χ1n) is 11.6. The molecule has 0 saturated heterocycles. The van der Waals surface area contributed by atoms with Gasteiger partial charge in [0.25, 0.3) is 0 Å². The minimum absolute atomic E-state index is 0.0593. The van der Waals surface area contributed by atoms with Crippen LogP contribution in [0.3, 0.4) is 0 Å². The van der Waals surface area contributed by atoms with Crippen LogP contribution in [-0.2, 0) is 9.59 Å². The molecular formula is C28H39NO2. The highest BCUT2D eigenvalue weighted by atomic mass is 16.2. The van der Waals surface area contributed by atoms with E-state index in [0.29, 0.717) is 13.1 Å². The van der Waals surface area contributed by atoms with Crippen molar-refractivity contribution in [2.24, 2.45) is 22.2 Å². The van der Waals surface area contributed by atoms with Gasteiger partial charge in [-0.1, -0.05) is 83.5 Å². The molecule has 168 valence electrons. The summed E-state index contributed by atoms with van der Waals surface area (Å²) in [4.78, 5) is 29.1. The van der Waals surface area contributed by atoms with E-state index in [-0.39, 0.29) is 34.4 Å². The molecule has 2 aliphatic rings. The average Bonchev–Trinajstić information content (AvgIpc) is 3.30. The Bertz CT molecular complexity index is 897. The van der Waals surface area contributed by atoms with Gasteiger partial charge in [0.2, 0.25) is 5.91 Å². The maximum atomic E-state index is 13.7. The first-order valence-corrected chi connectivity index (χ1v) is 11.6. The molecule has 1 fully saturated rings. The number of ketones is 1. The molecule has 2 atom stereocenters. The number of aryl methyl sites for hydroxylation is 1. The fourth-order valence-corrected chi connectivity index (χ4v) is 5.06. The molecule has 2 aliphatic carbocycles. The van der Waals surface area contributed by atoms with Gasteiger partial charge in [-0.2, -0.15) is 0 Å². The second-order valence-corrected chi connectivity index (χ2v) is 11.3. The summed E-state index contributed by atoms with van der Waals surface area (Å²) in [6, 6.07) is 8.56. The number of hydrogen-bond acceptors (Lipinski definition) is 2. The van der Waals surface area contributed by atoms with Gasteiger partial charge in [0.15, 0.2) is 5.78 Å². The number of allylic oxidation sites excluding steroid dienone is 4. The number of carbonyl (C=O) groups excluding carboxylic acids is 2. The molecule has 0 N–H and O–H groups in total. The predicted octanol–water partition coefficient (Wildman–Crippen LogP) is 6.09. The van der Waals surface area contributed by atoms with Gasteiger partial charge in [0, 0.05) is 35.6 Å². The van der Waals surface area contributed by atoms with Gasteiger partial charge in [-0.25, -0.2) is 0 Å². The van der Waals surface area contributed by atoms with Crippen molar-refractivity contribution in [1.82, 2.24) is 4.90 Å². The summed E-state index contributed by atoms with van der Waals surface area (Å²) in [5, 5.41) is 0. The van der Waals surface area contributed by atoms with Crippen molar-refractivity contribution in [1.29, 1.82) is 0 Å². The van der Waals surface area contributed by atoms with E-state index >= 15 is 0 Å². The van der Waals surface area contributed by atoms with Crippen LogP contribution in [0.15, 0.2) is 47.6 Å². The minimum Gasteiger partial charge on any atom is -0.343 e. The lowest BCUT2D eigenvalue weighted by Gasteiger charge is -2.34.